The van der Waals surface area contributed by atoms with Gasteiger partial charge in [0.1, 0.15) is 11.7 Å². The number of likely N-dealkylation sites (tertiary alicyclic amines) is 1. The summed E-state index contributed by atoms with van der Waals surface area (Å²) in [6.45, 7) is 8.30. The predicted octanol–water partition coefficient (Wildman–Crippen LogP) is 3.01. The molecule has 2 aromatic rings. The second kappa shape index (κ2) is 10.7. The van der Waals surface area contributed by atoms with E-state index in [1.807, 2.05) is 13.8 Å². The first-order valence-corrected chi connectivity index (χ1v) is 11.4. The van der Waals surface area contributed by atoms with Gasteiger partial charge in [-0.2, -0.15) is 0 Å². The monoisotopic (exact) mass is 468 g/mol. The average Bonchev–Trinajstić information content (AvgIpc) is 3.09. The number of phenolic OH excluding ortho intramolecular Hbond substituents is 1. The second-order valence-electron chi connectivity index (χ2n) is 8.29. The molecule has 0 saturated carbocycles. The van der Waals surface area contributed by atoms with Crippen LogP contribution in [0.3, 0.4) is 0 Å². The van der Waals surface area contributed by atoms with E-state index >= 15 is 0 Å². The highest BCUT2D eigenvalue weighted by molar-refractivity contribution is 6.44. The van der Waals surface area contributed by atoms with Crippen molar-refractivity contribution in [2.45, 2.75) is 26.8 Å². The van der Waals surface area contributed by atoms with Gasteiger partial charge in [0.15, 0.2) is 17.3 Å². The standard InChI is InChI=1S/C26H32N2O6/c1-6-27(7-2)12-13-28-23(17-8-11-20(29)21(15-17)34-5)22(25(31)26(28)32)24(30)19-10-9-18(33-4)14-16(19)3/h8-11,14-15,22-23,29H,6-7,12-13H2,1-5H3. The Hall–Kier alpha value is -3.39. The Bertz CT molecular complexity index is 1080. The maximum absolute atomic E-state index is 13.7. The first-order chi connectivity index (χ1) is 16.3. The summed E-state index contributed by atoms with van der Waals surface area (Å²) in [5.74, 6) is -2.27. The summed E-state index contributed by atoms with van der Waals surface area (Å²) in [6, 6.07) is 8.87. The molecular formula is C26H32N2O6. The number of Topliss-reactive ketones (excluding diaryl/α,β-unsaturated/α-hetero) is 2. The fourth-order valence-corrected chi connectivity index (χ4v) is 4.47. The molecule has 8 heteroatoms. The Morgan fingerprint density at radius 3 is 2.35 bits per heavy atom. The smallest absolute Gasteiger partial charge is 0.291 e. The van der Waals surface area contributed by atoms with Crippen LogP contribution < -0.4 is 9.47 Å². The zero-order valence-corrected chi connectivity index (χ0v) is 20.3. The summed E-state index contributed by atoms with van der Waals surface area (Å²) >= 11 is 0. The van der Waals surface area contributed by atoms with Gasteiger partial charge in [0.05, 0.1) is 20.3 Å². The number of carbonyl (C=O) groups is 3. The number of hydrogen-bond acceptors (Lipinski definition) is 7. The van der Waals surface area contributed by atoms with Crippen LogP contribution in [-0.2, 0) is 9.59 Å². The fraction of sp³-hybridized carbons (Fsp3) is 0.423. The minimum Gasteiger partial charge on any atom is -0.504 e. The molecule has 0 aliphatic carbocycles. The molecule has 2 unspecified atom stereocenters. The summed E-state index contributed by atoms with van der Waals surface area (Å²) in [7, 11) is 2.96. The van der Waals surface area contributed by atoms with Crippen LogP contribution in [0.2, 0.25) is 0 Å². The number of amides is 1. The van der Waals surface area contributed by atoms with Crippen LogP contribution in [0.25, 0.3) is 0 Å². The van der Waals surface area contributed by atoms with Gasteiger partial charge in [-0.15, -0.1) is 0 Å². The van der Waals surface area contributed by atoms with Crippen molar-refractivity contribution in [2.75, 3.05) is 40.4 Å². The molecule has 2 atom stereocenters. The number of ether oxygens (including phenoxy) is 2. The third-order valence-electron chi connectivity index (χ3n) is 6.48. The molecule has 3 rings (SSSR count). The maximum atomic E-state index is 13.7. The third-order valence-corrected chi connectivity index (χ3v) is 6.48. The molecular weight excluding hydrogens is 436 g/mol. The maximum Gasteiger partial charge on any atom is 0.291 e. The molecule has 1 fully saturated rings. The lowest BCUT2D eigenvalue weighted by Crippen LogP contribution is -2.38. The van der Waals surface area contributed by atoms with Crippen LogP contribution in [0.5, 0.6) is 17.2 Å². The van der Waals surface area contributed by atoms with Crippen molar-refractivity contribution in [3.05, 3.63) is 53.1 Å². The number of aromatic hydroxyl groups is 1. The van der Waals surface area contributed by atoms with Gasteiger partial charge in [0.2, 0.25) is 5.78 Å². The fourth-order valence-electron chi connectivity index (χ4n) is 4.47. The normalized spacial score (nSPS) is 18.0. The Labute approximate surface area is 200 Å². The van der Waals surface area contributed by atoms with Crippen molar-refractivity contribution in [3.8, 4) is 17.2 Å². The molecule has 1 aliphatic heterocycles. The Kier molecular flexibility index (Phi) is 7.94. The predicted molar refractivity (Wildman–Crippen MR) is 127 cm³/mol. The largest absolute Gasteiger partial charge is 0.504 e. The van der Waals surface area contributed by atoms with E-state index < -0.39 is 29.4 Å². The molecule has 2 aromatic carbocycles. The number of benzene rings is 2. The van der Waals surface area contributed by atoms with Crippen LogP contribution >= 0.6 is 0 Å². The van der Waals surface area contributed by atoms with Crippen molar-refractivity contribution >= 4 is 17.5 Å². The first kappa shape index (κ1) is 25.2. The molecule has 1 aliphatic rings. The number of phenols is 1. The lowest BCUT2D eigenvalue weighted by atomic mass is 9.85. The van der Waals surface area contributed by atoms with Gasteiger partial charge < -0.3 is 24.4 Å². The van der Waals surface area contributed by atoms with Crippen LogP contribution in [0, 0.1) is 12.8 Å². The molecule has 1 heterocycles. The van der Waals surface area contributed by atoms with E-state index in [2.05, 4.69) is 4.90 Å². The molecule has 0 spiro atoms. The topological polar surface area (TPSA) is 96.4 Å². The highest BCUT2D eigenvalue weighted by Gasteiger charge is 2.51. The number of likely N-dealkylation sites (N-methyl/N-ethyl adjacent to an activating group) is 1. The zero-order valence-electron chi connectivity index (χ0n) is 20.3. The summed E-state index contributed by atoms with van der Waals surface area (Å²) in [5.41, 5.74) is 1.58. The average molecular weight is 469 g/mol. The van der Waals surface area contributed by atoms with Crippen molar-refractivity contribution in [3.63, 3.8) is 0 Å². The van der Waals surface area contributed by atoms with Crippen LogP contribution in [-0.4, -0.2) is 72.8 Å². The molecule has 0 bridgehead atoms. The van der Waals surface area contributed by atoms with Crippen molar-refractivity contribution in [2.24, 2.45) is 5.92 Å². The van der Waals surface area contributed by atoms with Crippen molar-refractivity contribution < 1.29 is 29.0 Å². The minimum absolute atomic E-state index is 0.0644. The van der Waals surface area contributed by atoms with Gasteiger partial charge in [-0.1, -0.05) is 19.9 Å². The van der Waals surface area contributed by atoms with Gasteiger partial charge in [-0.3, -0.25) is 14.4 Å². The number of carbonyl (C=O) groups excluding carboxylic acids is 3. The highest BCUT2D eigenvalue weighted by atomic mass is 16.5. The number of methoxy groups -OCH3 is 2. The Morgan fingerprint density at radius 2 is 1.76 bits per heavy atom. The van der Waals surface area contributed by atoms with Gasteiger partial charge in [-0.05, 0) is 61.5 Å². The van der Waals surface area contributed by atoms with Gasteiger partial charge >= 0.3 is 0 Å². The van der Waals surface area contributed by atoms with E-state index in [-0.39, 0.29) is 11.5 Å². The SMILES string of the molecule is CCN(CC)CCN1C(=O)C(=O)C(C(=O)c2ccc(OC)cc2C)C1c1ccc(O)c(OC)c1. The minimum atomic E-state index is -1.20. The molecule has 182 valence electrons. The first-order valence-electron chi connectivity index (χ1n) is 11.4. The molecule has 1 saturated heterocycles. The number of rotatable bonds is 10. The van der Waals surface area contributed by atoms with E-state index in [0.29, 0.717) is 35.5 Å². The summed E-state index contributed by atoms with van der Waals surface area (Å²) < 4.78 is 10.5. The van der Waals surface area contributed by atoms with E-state index in [4.69, 9.17) is 9.47 Å². The Balaban J connectivity index is 2.08. The second-order valence-corrected chi connectivity index (χ2v) is 8.29. The van der Waals surface area contributed by atoms with E-state index in [9.17, 15) is 19.5 Å². The van der Waals surface area contributed by atoms with Gasteiger partial charge in [-0.25, -0.2) is 0 Å². The third kappa shape index (κ3) is 4.77. The van der Waals surface area contributed by atoms with E-state index in [1.54, 1.807) is 37.3 Å². The summed E-state index contributed by atoms with van der Waals surface area (Å²) in [4.78, 5) is 43.7. The zero-order chi connectivity index (χ0) is 25.0. The quantitative estimate of drug-likeness (QED) is 0.325. The van der Waals surface area contributed by atoms with Crippen LogP contribution in [0.4, 0.5) is 0 Å². The molecule has 0 radical (unpaired) electrons. The molecule has 1 amide bonds. The number of hydrogen-bond donors (Lipinski definition) is 1. The lowest BCUT2D eigenvalue weighted by molar-refractivity contribution is -0.140. The van der Waals surface area contributed by atoms with Gasteiger partial charge in [0.25, 0.3) is 5.91 Å². The van der Waals surface area contributed by atoms with Crippen molar-refractivity contribution in [1.29, 1.82) is 0 Å². The number of ketones is 2. The highest BCUT2D eigenvalue weighted by Crippen LogP contribution is 2.41. The van der Waals surface area contributed by atoms with Gasteiger partial charge in [0, 0.05) is 18.7 Å². The molecule has 8 nitrogen and oxygen atoms in total. The number of aryl methyl sites for hydroxylation is 1. The molecule has 0 aromatic heterocycles. The molecule has 1 N–H and O–H groups in total. The molecule has 34 heavy (non-hydrogen) atoms. The van der Waals surface area contributed by atoms with Crippen molar-refractivity contribution in [1.82, 2.24) is 9.80 Å². The van der Waals surface area contributed by atoms with E-state index in [1.165, 1.54) is 25.2 Å². The summed E-state index contributed by atoms with van der Waals surface area (Å²) in [6.07, 6.45) is 0. The van der Waals surface area contributed by atoms with E-state index in [0.717, 1.165) is 13.1 Å². The lowest BCUT2D eigenvalue weighted by Gasteiger charge is -2.30. The van der Waals surface area contributed by atoms with Crippen LogP contribution in [0.1, 0.15) is 41.4 Å². The van der Waals surface area contributed by atoms with Crippen LogP contribution in [0.15, 0.2) is 36.4 Å². The summed E-state index contributed by atoms with van der Waals surface area (Å²) in [5, 5.41) is 10.1. The number of nitrogens with zero attached hydrogens (tertiary/aromatic N) is 2. The Morgan fingerprint density at radius 1 is 1.06 bits per heavy atom.